The first-order chi connectivity index (χ1) is 8.49. The molecule has 0 amide bonds. The molecule has 2 unspecified atom stereocenters. The molecule has 100 valence electrons. The van der Waals surface area contributed by atoms with Crippen LogP contribution in [0.15, 0.2) is 18.2 Å². The first-order valence-electron chi connectivity index (χ1n) is 5.66. The summed E-state index contributed by atoms with van der Waals surface area (Å²) in [4.78, 5) is 11.2. The van der Waals surface area contributed by atoms with Gasteiger partial charge in [-0.3, -0.25) is 0 Å². The highest BCUT2D eigenvalue weighted by Gasteiger charge is 2.25. The highest BCUT2D eigenvalue weighted by atomic mass is 16.5. The van der Waals surface area contributed by atoms with Crippen molar-refractivity contribution in [3.05, 3.63) is 23.8 Å². The summed E-state index contributed by atoms with van der Waals surface area (Å²) >= 11 is 0. The minimum Gasteiger partial charge on any atom is -0.495 e. The number of aliphatic carboxylic acids is 1. The molecule has 5 nitrogen and oxygen atoms in total. The first kappa shape index (κ1) is 14.3. The maximum atomic E-state index is 11.2. The first-order valence-corrected chi connectivity index (χ1v) is 5.66. The Kier molecular flexibility index (Phi) is 4.97. The number of hydrogen-bond donors (Lipinski definition) is 2. The Bertz CT molecular complexity index is 419. The van der Waals surface area contributed by atoms with Crippen LogP contribution in [0.25, 0.3) is 0 Å². The maximum absolute atomic E-state index is 11.2. The fourth-order valence-corrected chi connectivity index (χ4v) is 1.62. The number of hydrogen-bond acceptors (Lipinski definition) is 4. The van der Waals surface area contributed by atoms with Crippen LogP contribution >= 0.6 is 0 Å². The average Bonchev–Trinajstić information content (AvgIpc) is 2.34. The lowest BCUT2D eigenvalue weighted by atomic mass is 10.1. The molecule has 0 fully saturated rings. The Labute approximate surface area is 107 Å². The number of rotatable bonds is 6. The number of anilines is 1. The van der Waals surface area contributed by atoms with E-state index in [2.05, 4.69) is 5.32 Å². The van der Waals surface area contributed by atoms with E-state index < -0.39 is 18.1 Å². The third kappa shape index (κ3) is 3.37. The highest BCUT2D eigenvalue weighted by molar-refractivity contribution is 5.79. The van der Waals surface area contributed by atoms with Gasteiger partial charge in [-0.1, -0.05) is 6.07 Å². The third-order valence-corrected chi connectivity index (χ3v) is 2.77. The van der Waals surface area contributed by atoms with Crippen LogP contribution in [0.2, 0.25) is 0 Å². The number of aryl methyl sites for hydroxylation is 1. The SMILES string of the molecule is COc1ccc(C)cc1NC(C(=O)O)C(C)OC. The second-order valence-electron chi connectivity index (χ2n) is 4.10. The molecule has 0 bridgehead atoms. The number of benzene rings is 1. The number of carboxylic acid groups (broad SMARTS) is 1. The van der Waals surface area contributed by atoms with E-state index in [1.54, 1.807) is 20.1 Å². The smallest absolute Gasteiger partial charge is 0.328 e. The Morgan fingerprint density at radius 2 is 2.06 bits per heavy atom. The van der Waals surface area contributed by atoms with Crippen LogP contribution in [0.3, 0.4) is 0 Å². The largest absolute Gasteiger partial charge is 0.495 e. The van der Waals surface area contributed by atoms with E-state index in [0.717, 1.165) is 5.56 Å². The average molecular weight is 253 g/mol. The minimum atomic E-state index is -0.965. The van der Waals surface area contributed by atoms with E-state index in [-0.39, 0.29) is 0 Å². The summed E-state index contributed by atoms with van der Waals surface area (Å²) in [6, 6.07) is 4.72. The molecule has 1 aromatic rings. The second kappa shape index (κ2) is 6.26. The van der Waals surface area contributed by atoms with Gasteiger partial charge >= 0.3 is 5.97 Å². The van der Waals surface area contributed by atoms with Gasteiger partial charge in [-0.25, -0.2) is 4.79 Å². The van der Waals surface area contributed by atoms with Crippen molar-refractivity contribution < 1.29 is 19.4 Å². The van der Waals surface area contributed by atoms with E-state index in [9.17, 15) is 9.90 Å². The lowest BCUT2D eigenvalue weighted by Gasteiger charge is -2.22. The zero-order chi connectivity index (χ0) is 13.7. The Hall–Kier alpha value is -1.75. The van der Waals surface area contributed by atoms with Gasteiger partial charge in [-0.05, 0) is 31.5 Å². The van der Waals surface area contributed by atoms with Gasteiger partial charge in [-0.15, -0.1) is 0 Å². The summed E-state index contributed by atoms with van der Waals surface area (Å²) in [5.41, 5.74) is 1.67. The van der Waals surface area contributed by atoms with Gasteiger partial charge in [0, 0.05) is 7.11 Å². The van der Waals surface area contributed by atoms with Crippen molar-refractivity contribution in [2.45, 2.75) is 26.0 Å². The molecule has 0 heterocycles. The second-order valence-corrected chi connectivity index (χ2v) is 4.10. The van der Waals surface area contributed by atoms with Crippen molar-refractivity contribution in [3.63, 3.8) is 0 Å². The molecule has 1 rings (SSSR count). The van der Waals surface area contributed by atoms with E-state index in [1.165, 1.54) is 7.11 Å². The molecule has 2 N–H and O–H groups in total. The van der Waals surface area contributed by atoms with Crippen molar-refractivity contribution >= 4 is 11.7 Å². The standard InChI is InChI=1S/C13H19NO4/c1-8-5-6-11(18-4)10(7-8)14-12(13(15)16)9(2)17-3/h5-7,9,12,14H,1-4H3,(H,15,16). The van der Waals surface area contributed by atoms with Gasteiger partial charge in [0.15, 0.2) is 6.04 Å². The van der Waals surface area contributed by atoms with Gasteiger partial charge in [0.25, 0.3) is 0 Å². The topological polar surface area (TPSA) is 67.8 Å². The van der Waals surface area contributed by atoms with Crippen LogP contribution in [0, 0.1) is 6.92 Å². The molecule has 0 aliphatic carbocycles. The van der Waals surface area contributed by atoms with Crippen molar-refractivity contribution in [1.29, 1.82) is 0 Å². The van der Waals surface area contributed by atoms with Crippen molar-refractivity contribution in [2.24, 2.45) is 0 Å². The van der Waals surface area contributed by atoms with Crippen molar-refractivity contribution in [1.82, 2.24) is 0 Å². The van der Waals surface area contributed by atoms with E-state index in [4.69, 9.17) is 9.47 Å². The molecule has 2 atom stereocenters. The lowest BCUT2D eigenvalue weighted by molar-refractivity contribution is -0.140. The van der Waals surface area contributed by atoms with Crippen LogP contribution < -0.4 is 10.1 Å². The fourth-order valence-electron chi connectivity index (χ4n) is 1.62. The predicted octanol–water partition coefficient (Wildman–Crippen LogP) is 1.90. The molecule has 18 heavy (non-hydrogen) atoms. The summed E-state index contributed by atoms with van der Waals surface area (Å²) in [7, 11) is 3.03. The molecule has 0 saturated carbocycles. The van der Waals surface area contributed by atoms with E-state index in [0.29, 0.717) is 11.4 Å². The molecule has 0 saturated heterocycles. The zero-order valence-corrected chi connectivity index (χ0v) is 11.1. The summed E-state index contributed by atoms with van der Waals surface area (Å²) in [5, 5.41) is 12.1. The monoisotopic (exact) mass is 253 g/mol. The van der Waals surface area contributed by atoms with Gasteiger partial charge in [0.1, 0.15) is 5.75 Å². The Morgan fingerprint density at radius 1 is 1.39 bits per heavy atom. The van der Waals surface area contributed by atoms with Gasteiger partial charge < -0.3 is 19.9 Å². The summed E-state index contributed by atoms with van der Waals surface area (Å²) < 4.78 is 10.3. The molecular weight excluding hydrogens is 234 g/mol. The maximum Gasteiger partial charge on any atom is 0.328 e. The van der Waals surface area contributed by atoms with Gasteiger partial charge in [0.05, 0.1) is 18.9 Å². The zero-order valence-electron chi connectivity index (χ0n) is 11.1. The van der Waals surface area contributed by atoms with E-state index >= 15 is 0 Å². The van der Waals surface area contributed by atoms with Crippen molar-refractivity contribution in [3.8, 4) is 5.75 Å². The minimum absolute atomic E-state index is 0.451. The molecule has 0 aliphatic rings. The molecule has 0 aliphatic heterocycles. The number of nitrogens with one attached hydrogen (secondary N) is 1. The van der Waals surface area contributed by atoms with Gasteiger partial charge in [0.2, 0.25) is 0 Å². The molecule has 0 spiro atoms. The summed E-state index contributed by atoms with van der Waals surface area (Å²) in [6.45, 7) is 3.63. The molecule has 1 aromatic carbocycles. The molecule has 0 aromatic heterocycles. The van der Waals surface area contributed by atoms with Crippen molar-refractivity contribution in [2.75, 3.05) is 19.5 Å². The molecule has 0 radical (unpaired) electrons. The quantitative estimate of drug-likeness (QED) is 0.810. The van der Waals surface area contributed by atoms with Crippen LogP contribution in [0.1, 0.15) is 12.5 Å². The lowest BCUT2D eigenvalue weighted by Crippen LogP contribution is -2.40. The summed E-state index contributed by atoms with van der Waals surface area (Å²) in [6.07, 6.45) is -0.451. The Balaban J connectivity index is 2.99. The van der Waals surface area contributed by atoms with E-state index in [1.807, 2.05) is 19.1 Å². The van der Waals surface area contributed by atoms with Gasteiger partial charge in [-0.2, -0.15) is 0 Å². The highest BCUT2D eigenvalue weighted by Crippen LogP contribution is 2.26. The fraction of sp³-hybridized carbons (Fsp3) is 0.462. The number of carboxylic acids is 1. The molecule has 5 heteroatoms. The normalized spacial score (nSPS) is 13.8. The van der Waals surface area contributed by atoms with Crippen LogP contribution in [0.4, 0.5) is 5.69 Å². The predicted molar refractivity (Wildman–Crippen MR) is 69.2 cm³/mol. The number of methoxy groups -OCH3 is 2. The van der Waals surface area contributed by atoms with Crippen LogP contribution in [-0.4, -0.2) is 37.4 Å². The van der Waals surface area contributed by atoms with Crippen LogP contribution in [-0.2, 0) is 9.53 Å². The molecular formula is C13H19NO4. The number of carbonyl (C=O) groups is 1. The van der Waals surface area contributed by atoms with Crippen LogP contribution in [0.5, 0.6) is 5.75 Å². The number of ether oxygens (including phenoxy) is 2. The summed E-state index contributed by atoms with van der Waals surface area (Å²) in [5.74, 6) is -0.358. The third-order valence-electron chi connectivity index (χ3n) is 2.77. The Morgan fingerprint density at radius 3 is 2.56 bits per heavy atom.